The van der Waals surface area contributed by atoms with E-state index in [1.54, 1.807) is 0 Å². The number of carbonyl (C=O) groups is 2. The fraction of sp³-hybridized carbons (Fsp3) is 0.273. The molecule has 0 amide bonds. The van der Waals surface area contributed by atoms with Gasteiger partial charge in [-0.25, -0.2) is 4.79 Å². The van der Waals surface area contributed by atoms with Crippen molar-refractivity contribution in [3.8, 4) is 0 Å². The van der Waals surface area contributed by atoms with Crippen molar-refractivity contribution in [2.24, 2.45) is 0 Å². The minimum Gasteiger partial charge on any atom is -0.469 e. The SMILES string of the molecule is COC(=O)Cc1cc([N+](=O)[O-])ccc1C(=O)OC. The number of hydrogen-bond acceptors (Lipinski definition) is 6. The fourth-order valence-electron chi connectivity index (χ4n) is 1.38. The molecule has 0 bridgehead atoms. The molecule has 0 aliphatic rings. The molecule has 0 aliphatic carbocycles. The lowest BCUT2D eigenvalue weighted by Gasteiger charge is -2.06. The van der Waals surface area contributed by atoms with Gasteiger partial charge in [-0.05, 0) is 11.6 Å². The highest BCUT2D eigenvalue weighted by atomic mass is 16.6. The van der Waals surface area contributed by atoms with Crippen molar-refractivity contribution in [3.63, 3.8) is 0 Å². The first kappa shape index (κ1) is 13.6. The Labute approximate surface area is 102 Å². The standard InChI is InChI=1S/C11H11NO6/c1-17-10(13)6-7-5-8(12(15)16)3-4-9(7)11(14)18-2/h3-5H,6H2,1-2H3. The van der Waals surface area contributed by atoms with Gasteiger partial charge in [0.05, 0.1) is 31.1 Å². The Morgan fingerprint density at radius 1 is 1.28 bits per heavy atom. The van der Waals surface area contributed by atoms with Crippen molar-refractivity contribution in [2.75, 3.05) is 14.2 Å². The summed E-state index contributed by atoms with van der Waals surface area (Å²) in [4.78, 5) is 32.6. The topological polar surface area (TPSA) is 95.7 Å². The summed E-state index contributed by atoms with van der Waals surface area (Å²) in [5, 5.41) is 10.6. The number of esters is 2. The minimum atomic E-state index is -0.663. The Balaban J connectivity index is 3.21. The van der Waals surface area contributed by atoms with Gasteiger partial charge in [0.2, 0.25) is 0 Å². The molecule has 18 heavy (non-hydrogen) atoms. The number of benzene rings is 1. The molecule has 0 aromatic heterocycles. The first-order valence-corrected chi connectivity index (χ1v) is 4.92. The second-order valence-electron chi connectivity index (χ2n) is 3.34. The summed E-state index contributed by atoms with van der Waals surface area (Å²) in [5.41, 5.74) is 0.0953. The number of carbonyl (C=O) groups excluding carboxylic acids is 2. The van der Waals surface area contributed by atoms with E-state index in [9.17, 15) is 19.7 Å². The monoisotopic (exact) mass is 253 g/mol. The van der Waals surface area contributed by atoms with E-state index in [1.165, 1.54) is 26.4 Å². The van der Waals surface area contributed by atoms with E-state index >= 15 is 0 Å². The lowest BCUT2D eigenvalue weighted by molar-refractivity contribution is -0.384. The quantitative estimate of drug-likeness (QED) is 0.453. The molecule has 0 radical (unpaired) electrons. The molecule has 1 aromatic carbocycles. The number of nitrogens with zero attached hydrogens (tertiary/aromatic N) is 1. The molecule has 0 spiro atoms. The number of methoxy groups -OCH3 is 2. The zero-order chi connectivity index (χ0) is 13.7. The molecular weight excluding hydrogens is 242 g/mol. The van der Waals surface area contributed by atoms with Gasteiger partial charge in [-0.1, -0.05) is 0 Å². The van der Waals surface area contributed by atoms with E-state index in [0.717, 1.165) is 6.07 Å². The second kappa shape index (κ2) is 5.76. The van der Waals surface area contributed by atoms with Crippen molar-refractivity contribution in [1.29, 1.82) is 0 Å². The zero-order valence-electron chi connectivity index (χ0n) is 9.84. The van der Waals surface area contributed by atoms with Crippen LogP contribution in [0.5, 0.6) is 0 Å². The number of hydrogen-bond donors (Lipinski definition) is 0. The molecule has 0 atom stereocenters. The summed E-state index contributed by atoms with van der Waals surface area (Å²) in [5.74, 6) is -1.26. The Morgan fingerprint density at radius 3 is 2.44 bits per heavy atom. The van der Waals surface area contributed by atoms with E-state index < -0.39 is 16.9 Å². The Kier molecular flexibility index (Phi) is 4.36. The van der Waals surface area contributed by atoms with Crippen LogP contribution in [0.3, 0.4) is 0 Å². The van der Waals surface area contributed by atoms with Gasteiger partial charge in [-0.2, -0.15) is 0 Å². The number of rotatable bonds is 4. The highest BCUT2D eigenvalue weighted by molar-refractivity contribution is 5.92. The Hall–Kier alpha value is -2.44. The number of non-ortho nitro benzene ring substituents is 1. The molecule has 96 valence electrons. The third kappa shape index (κ3) is 3.03. The maximum Gasteiger partial charge on any atom is 0.338 e. The highest BCUT2D eigenvalue weighted by Crippen LogP contribution is 2.19. The second-order valence-corrected chi connectivity index (χ2v) is 3.34. The van der Waals surface area contributed by atoms with Crippen LogP contribution < -0.4 is 0 Å². The summed E-state index contributed by atoms with van der Waals surface area (Å²) in [6, 6.07) is 3.58. The minimum absolute atomic E-state index is 0.105. The molecule has 0 heterocycles. The van der Waals surface area contributed by atoms with Crippen LogP contribution in [0.15, 0.2) is 18.2 Å². The van der Waals surface area contributed by atoms with E-state index in [4.69, 9.17) is 0 Å². The largest absolute Gasteiger partial charge is 0.469 e. The van der Waals surface area contributed by atoms with Gasteiger partial charge in [0, 0.05) is 12.1 Å². The molecule has 0 saturated carbocycles. The average Bonchev–Trinajstić information content (AvgIpc) is 2.37. The van der Waals surface area contributed by atoms with Gasteiger partial charge in [0.25, 0.3) is 5.69 Å². The summed E-state index contributed by atoms with van der Waals surface area (Å²) in [6.45, 7) is 0. The molecule has 1 aromatic rings. The van der Waals surface area contributed by atoms with Crippen LogP contribution >= 0.6 is 0 Å². The van der Waals surface area contributed by atoms with Gasteiger partial charge in [0.15, 0.2) is 0 Å². The summed E-state index contributed by atoms with van der Waals surface area (Å²) in [7, 11) is 2.38. The van der Waals surface area contributed by atoms with Crippen LogP contribution in [0.4, 0.5) is 5.69 Å². The smallest absolute Gasteiger partial charge is 0.338 e. The van der Waals surface area contributed by atoms with Crippen molar-refractivity contribution in [2.45, 2.75) is 6.42 Å². The zero-order valence-corrected chi connectivity index (χ0v) is 9.84. The molecule has 0 unspecified atom stereocenters. The normalized spacial score (nSPS) is 9.67. The van der Waals surface area contributed by atoms with Gasteiger partial charge < -0.3 is 9.47 Å². The van der Waals surface area contributed by atoms with E-state index in [2.05, 4.69) is 9.47 Å². The predicted octanol–water partition coefficient (Wildman–Crippen LogP) is 1.10. The van der Waals surface area contributed by atoms with Crippen LogP contribution in [0.1, 0.15) is 15.9 Å². The average molecular weight is 253 g/mol. The molecular formula is C11H11NO6. The Bertz CT molecular complexity index is 496. The van der Waals surface area contributed by atoms with Crippen molar-refractivity contribution in [3.05, 3.63) is 39.4 Å². The molecule has 0 aliphatic heterocycles. The molecule has 1 rings (SSSR count). The fourth-order valence-corrected chi connectivity index (χ4v) is 1.38. The third-order valence-electron chi connectivity index (χ3n) is 2.27. The van der Waals surface area contributed by atoms with Crippen molar-refractivity contribution >= 4 is 17.6 Å². The first-order chi connectivity index (χ1) is 8.49. The van der Waals surface area contributed by atoms with Crippen LogP contribution in [-0.2, 0) is 20.7 Å². The van der Waals surface area contributed by atoms with Gasteiger partial charge in [-0.3, -0.25) is 14.9 Å². The van der Waals surface area contributed by atoms with Crippen molar-refractivity contribution < 1.29 is 24.0 Å². The highest BCUT2D eigenvalue weighted by Gasteiger charge is 2.18. The maximum absolute atomic E-state index is 11.4. The lowest BCUT2D eigenvalue weighted by atomic mass is 10.0. The van der Waals surface area contributed by atoms with Gasteiger partial charge in [0.1, 0.15) is 0 Å². The number of nitro benzene ring substituents is 1. The van der Waals surface area contributed by atoms with Crippen molar-refractivity contribution in [1.82, 2.24) is 0 Å². The number of nitro groups is 1. The predicted molar refractivity (Wildman–Crippen MR) is 60.2 cm³/mol. The molecule has 0 N–H and O–H groups in total. The molecule has 7 heteroatoms. The van der Waals surface area contributed by atoms with Crippen LogP contribution in [0.25, 0.3) is 0 Å². The lowest BCUT2D eigenvalue weighted by Crippen LogP contribution is -2.11. The maximum atomic E-state index is 11.4. The van der Waals surface area contributed by atoms with E-state index in [1.807, 2.05) is 0 Å². The first-order valence-electron chi connectivity index (χ1n) is 4.92. The van der Waals surface area contributed by atoms with Crippen LogP contribution in [-0.4, -0.2) is 31.1 Å². The summed E-state index contributed by atoms with van der Waals surface area (Å²) < 4.78 is 8.99. The summed E-state index contributed by atoms with van der Waals surface area (Å²) >= 11 is 0. The van der Waals surface area contributed by atoms with Gasteiger partial charge in [-0.15, -0.1) is 0 Å². The van der Waals surface area contributed by atoms with E-state index in [-0.39, 0.29) is 23.2 Å². The molecule has 0 fully saturated rings. The summed E-state index contributed by atoms with van der Waals surface area (Å²) in [6.07, 6.45) is -0.234. The van der Waals surface area contributed by atoms with Crippen LogP contribution in [0.2, 0.25) is 0 Å². The Morgan fingerprint density at radius 2 is 1.94 bits per heavy atom. The van der Waals surface area contributed by atoms with E-state index in [0.29, 0.717) is 0 Å². The number of ether oxygens (including phenoxy) is 2. The third-order valence-corrected chi connectivity index (χ3v) is 2.27. The molecule has 7 nitrogen and oxygen atoms in total. The molecule has 0 saturated heterocycles. The van der Waals surface area contributed by atoms with Gasteiger partial charge >= 0.3 is 11.9 Å². The van der Waals surface area contributed by atoms with Crippen LogP contribution in [0, 0.1) is 10.1 Å².